The van der Waals surface area contributed by atoms with E-state index in [1.165, 1.54) is 0 Å². The maximum atomic E-state index is 12.8. The zero-order valence-corrected chi connectivity index (χ0v) is 13.2. The Hall–Kier alpha value is -1.82. The SMILES string of the molecule is O=C(c1ccc[nH]1)N1CCCN(C(=O)[C@H]2C[C@H]3CC[C@H]2O3)CC1. The molecule has 3 saturated heterocycles. The van der Waals surface area contributed by atoms with Gasteiger partial charge in [0.15, 0.2) is 0 Å². The normalized spacial score (nSPS) is 30.5. The van der Waals surface area contributed by atoms with E-state index >= 15 is 0 Å². The summed E-state index contributed by atoms with van der Waals surface area (Å²) in [5, 5.41) is 0. The number of H-pyrrole nitrogens is 1. The molecule has 1 aromatic heterocycles. The summed E-state index contributed by atoms with van der Waals surface area (Å²) in [6, 6.07) is 3.62. The highest BCUT2D eigenvalue weighted by atomic mass is 16.5. The molecule has 23 heavy (non-hydrogen) atoms. The molecule has 4 rings (SSSR count). The van der Waals surface area contributed by atoms with E-state index in [-0.39, 0.29) is 23.8 Å². The third-order valence-corrected chi connectivity index (χ3v) is 5.35. The zero-order chi connectivity index (χ0) is 15.8. The van der Waals surface area contributed by atoms with Crippen molar-refractivity contribution in [3.63, 3.8) is 0 Å². The minimum atomic E-state index is 0.0209. The molecule has 2 bridgehead atoms. The van der Waals surface area contributed by atoms with Gasteiger partial charge in [-0.3, -0.25) is 9.59 Å². The fourth-order valence-electron chi connectivity index (χ4n) is 4.11. The van der Waals surface area contributed by atoms with Crippen molar-refractivity contribution in [2.45, 2.75) is 37.9 Å². The van der Waals surface area contributed by atoms with Gasteiger partial charge in [-0.15, -0.1) is 0 Å². The molecule has 1 aromatic rings. The fourth-order valence-corrected chi connectivity index (χ4v) is 4.11. The molecule has 1 N–H and O–H groups in total. The van der Waals surface area contributed by atoms with Gasteiger partial charge in [0.1, 0.15) is 5.69 Å². The predicted molar refractivity (Wildman–Crippen MR) is 83.9 cm³/mol. The lowest BCUT2D eigenvalue weighted by molar-refractivity contribution is -0.137. The highest BCUT2D eigenvalue weighted by Gasteiger charge is 2.45. The Bertz CT molecular complexity index is 586. The van der Waals surface area contributed by atoms with Gasteiger partial charge in [-0.2, -0.15) is 0 Å². The molecule has 0 spiro atoms. The summed E-state index contributed by atoms with van der Waals surface area (Å²) in [5.41, 5.74) is 0.617. The highest BCUT2D eigenvalue weighted by molar-refractivity contribution is 5.92. The van der Waals surface area contributed by atoms with Crippen LogP contribution in [0.1, 0.15) is 36.2 Å². The van der Waals surface area contributed by atoms with Crippen LogP contribution in [0.15, 0.2) is 18.3 Å². The van der Waals surface area contributed by atoms with E-state index in [1.807, 2.05) is 15.9 Å². The molecule has 6 nitrogen and oxygen atoms in total. The number of hydrogen-bond donors (Lipinski definition) is 1. The Morgan fingerprint density at radius 2 is 1.96 bits per heavy atom. The van der Waals surface area contributed by atoms with E-state index in [0.29, 0.717) is 31.4 Å². The predicted octanol–water partition coefficient (Wildman–Crippen LogP) is 1.26. The van der Waals surface area contributed by atoms with Crippen LogP contribution in [0.4, 0.5) is 0 Å². The minimum absolute atomic E-state index is 0.0209. The molecular weight excluding hydrogens is 294 g/mol. The van der Waals surface area contributed by atoms with E-state index in [2.05, 4.69) is 4.98 Å². The van der Waals surface area contributed by atoms with Crippen molar-refractivity contribution in [2.24, 2.45) is 5.92 Å². The largest absolute Gasteiger partial charge is 0.374 e. The summed E-state index contributed by atoms with van der Waals surface area (Å²) in [4.78, 5) is 32.0. The first-order valence-electron chi connectivity index (χ1n) is 8.59. The first-order valence-corrected chi connectivity index (χ1v) is 8.59. The Kier molecular flexibility index (Phi) is 3.85. The molecule has 3 aliphatic heterocycles. The van der Waals surface area contributed by atoms with Gasteiger partial charge in [0.2, 0.25) is 5.91 Å². The number of hydrogen-bond acceptors (Lipinski definition) is 3. The van der Waals surface area contributed by atoms with Crippen LogP contribution in [-0.4, -0.2) is 65.0 Å². The number of ether oxygens (including phenoxy) is 1. The number of fused-ring (bicyclic) bond motifs is 2. The van der Waals surface area contributed by atoms with Gasteiger partial charge in [0, 0.05) is 32.4 Å². The minimum Gasteiger partial charge on any atom is -0.374 e. The number of aromatic nitrogens is 1. The maximum absolute atomic E-state index is 12.8. The lowest BCUT2D eigenvalue weighted by Crippen LogP contribution is -2.42. The Morgan fingerprint density at radius 3 is 2.65 bits per heavy atom. The first kappa shape index (κ1) is 14.8. The van der Waals surface area contributed by atoms with Crippen molar-refractivity contribution in [2.75, 3.05) is 26.2 Å². The van der Waals surface area contributed by atoms with E-state index < -0.39 is 0 Å². The quantitative estimate of drug-likeness (QED) is 0.893. The van der Waals surface area contributed by atoms with Gasteiger partial charge < -0.3 is 19.5 Å². The van der Waals surface area contributed by atoms with Gasteiger partial charge in [0.25, 0.3) is 5.91 Å². The van der Waals surface area contributed by atoms with E-state index in [1.54, 1.807) is 12.3 Å². The van der Waals surface area contributed by atoms with Crippen molar-refractivity contribution in [1.29, 1.82) is 0 Å². The van der Waals surface area contributed by atoms with E-state index in [4.69, 9.17) is 4.74 Å². The van der Waals surface area contributed by atoms with Crippen LogP contribution < -0.4 is 0 Å². The van der Waals surface area contributed by atoms with Crippen molar-refractivity contribution < 1.29 is 14.3 Å². The number of carbonyl (C=O) groups excluding carboxylic acids is 2. The van der Waals surface area contributed by atoms with Gasteiger partial charge in [-0.25, -0.2) is 0 Å². The first-order chi connectivity index (χ1) is 11.2. The van der Waals surface area contributed by atoms with E-state index in [9.17, 15) is 9.59 Å². The van der Waals surface area contributed by atoms with Crippen LogP contribution in [-0.2, 0) is 9.53 Å². The average molecular weight is 317 g/mol. The molecule has 0 unspecified atom stereocenters. The molecule has 124 valence electrons. The second-order valence-corrected chi connectivity index (χ2v) is 6.77. The average Bonchev–Trinajstić information content (AvgIpc) is 3.28. The summed E-state index contributed by atoms with van der Waals surface area (Å²) in [7, 11) is 0. The Labute approximate surface area is 135 Å². The molecule has 0 saturated carbocycles. The summed E-state index contributed by atoms with van der Waals surface area (Å²) < 4.78 is 5.82. The lowest BCUT2D eigenvalue weighted by Gasteiger charge is -2.27. The number of amides is 2. The van der Waals surface area contributed by atoms with Crippen molar-refractivity contribution in [1.82, 2.24) is 14.8 Å². The monoisotopic (exact) mass is 317 g/mol. The van der Waals surface area contributed by atoms with Crippen LogP contribution in [0.3, 0.4) is 0 Å². The van der Waals surface area contributed by atoms with Crippen LogP contribution in [0.25, 0.3) is 0 Å². The molecule has 4 heterocycles. The third kappa shape index (κ3) is 2.76. The molecule has 0 aliphatic carbocycles. The molecule has 3 fully saturated rings. The molecule has 0 radical (unpaired) electrons. The van der Waals surface area contributed by atoms with Crippen LogP contribution in [0.5, 0.6) is 0 Å². The summed E-state index contributed by atoms with van der Waals surface area (Å²) in [5.74, 6) is 0.290. The second-order valence-electron chi connectivity index (χ2n) is 6.77. The molecule has 0 aromatic carbocycles. The fraction of sp³-hybridized carbons (Fsp3) is 0.647. The van der Waals surface area contributed by atoms with E-state index in [0.717, 1.165) is 32.2 Å². The topological polar surface area (TPSA) is 65.6 Å². The molecule has 3 aliphatic rings. The maximum Gasteiger partial charge on any atom is 0.270 e. The van der Waals surface area contributed by atoms with Crippen molar-refractivity contribution in [3.05, 3.63) is 24.0 Å². The smallest absolute Gasteiger partial charge is 0.270 e. The van der Waals surface area contributed by atoms with Crippen LogP contribution in [0.2, 0.25) is 0 Å². The van der Waals surface area contributed by atoms with Crippen LogP contribution in [0, 0.1) is 5.92 Å². The Balaban J connectivity index is 1.37. The van der Waals surface area contributed by atoms with Gasteiger partial charge in [-0.1, -0.05) is 0 Å². The summed E-state index contributed by atoms with van der Waals surface area (Å²) in [6.07, 6.45) is 6.03. The summed E-state index contributed by atoms with van der Waals surface area (Å²) in [6.45, 7) is 2.67. The van der Waals surface area contributed by atoms with Gasteiger partial charge >= 0.3 is 0 Å². The number of carbonyl (C=O) groups is 2. The van der Waals surface area contributed by atoms with Gasteiger partial charge in [-0.05, 0) is 37.8 Å². The van der Waals surface area contributed by atoms with Gasteiger partial charge in [0.05, 0.1) is 18.1 Å². The third-order valence-electron chi connectivity index (χ3n) is 5.35. The zero-order valence-electron chi connectivity index (χ0n) is 13.2. The molecule has 2 amide bonds. The molecular formula is C17H23N3O3. The number of aromatic amines is 1. The molecule has 3 atom stereocenters. The second kappa shape index (κ2) is 6.00. The van der Waals surface area contributed by atoms with Crippen molar-refractivity contribution in [3.8, 4) is 0 Å². The Morgan fingerprint density at radius 1 is 1.13 bits per heavy atom. The van der Waals surface area contributed by atoms with Crippen LogP contribution >= 0.6 is 0 Å². The summed E-state index contributed by atoms with van der Waals surface area (Å²) >= 11 is 0. The molecule has 6 heteroatoms. The lowest BCUT2D eigenvalue weighted by atomic mass is 9.88. The highest BCUT2D eigenvalue weighted by Crippen LogP contribution is 2.39. The van der Waals surface area contributed by atoms with Crippen molar-refractivity contribution >= 4 is 11.8 Å². The number of nitrogens with one attached hydrogen (secondary N) is 1. The standard InChI is InChI=1S/C17H23N3O3/c21-16(13-11-12-4-5-15(13)23-12)19-7-2-8-20(10-9-19)17(22)14-3-1-6-18-14/h1,3,6,12-13,15,18H,2,4-5,7-11H2/t12-,13+,15-/m1/s1. The number of nitrogens with zero attached hydrogens (tertiary/aromatic N) is 2. The number of rotatable bonds is 2.